The highest BCUT2D eigenvalue weighted by atomic mass is 16.5. The van der Waals surface area contributed by atoms with E-state index in [1.165, 1.54) is 5.56 Å². The first-order valence-electron chi connectivity index (χ1n) is 9.92. The van der Waals surface area contributed by atoms with Gasteiger partial charge < -0.3 is 14.2 Å². The zero-order valence-electron chi connectivity index (χ0n) is 16.1. The number of piperazine rings is 1. The van der Waals surface area contributed by atoms with Gasteiger partial charge in [-0.15, -0.1) is 0 Å². The molecule has 0 unspecified atom stereocenters. The second-order valence-corrected chi connectivity index (χ2v) is 7.31. The maximum absolute atomic E-state index is 12.4. The van der Waals surface area contributed by atoms with Crippen LogP contribution in [0.4, 0.5) is 0 Å². The number of rotatable bonds is 6. The van der Waals surface area contributed by atoms with E-state index in [4.69, 9.17) is 9.26 Å². The molecule has 150 valence electrons. The fraction of sp³-hybridized carbons (Fsp3) is 0.550. The van der Waals surface area contributed by atoms with Crippen LogP contribution in [-0.2, 0) is 22.5 Å². The van der Waals surface area contributed by atoms with Crippen LogP contribution in [0, 0.1) is 0 Å². The van der Waals surface area contributed by atoms with Crippen LogP contribution in [-0.4, -0.2) is 89.8 Å². The highest BCUT2D eigenvalue weighted by Crippen LogP contribution is 2.10. The van der Waals surface area contributed by atoms with Gasteiger partial charge in [0.05, 0.1) is 26.3 Å². The number of carbonyl (C=O) groups is 1. The second kappa shape index (κ2) is 9.27. The topological polar surface area (TPSA) is 74.9 Å². The van der Waals surface area contributed by atoms with Crippen LogP contribution >= 0.6 is 0 Å². The lowest BCUT2D eigenvalue weighted by molar-refractivity contribution is -0.136. The molecule has 3 heterocycles. The summed E-state index contributed by atoms with van der Waals surface area (Å²) in [6, 6.07) is 10.2. The lowest BCUT2D eigenvalue weighted by Gasteiger charge is -2.35. The highest BCUT2D eigenvalue weighted by molar-refractivity contribution is 5.78. The molecule has 0 N–H and O–H groups in total. The van der Waals surface area contributed by atoms with E-state index in [-0.39, 0.29) is 5.91 Å². The second-order valence-electron chi connectivity index (χ2n) is 7.31. The number of carbonyl (C=O) groups excluding carboxylic acids is 1. The van der Waals surface area contributed by atoms with Gasteiger partial charge in [-0.1, -0.05) is 35.5 Å². The van der Waals surface area contributed by atoms with E-state index in [0.717, 1.165) is 32.0 Å². The van der Waals surface area contributed by atoms with Crippen molar-refractivity contribution in [2.45, 2.75) is 13.0 Å². The van der Waals surface area contributed by atoms with Crippen LogP contribution in [0.5, 0.6) is 0 Å². The molecule has 4 rings (SSSR count). The molecule has 0 saturated carbocycles. The molecule has 2 aliphatic heterocycles. The Hall–Kier alpha value is -2.29. The number of amides is 1. The largest absolute Gasteiger partial charge is 0.378 e. The lowest BCUT2D eigenvalue weighted by atomic mass is 10.1. The fourth-order valence-corrected chi connectivity index (χ4v) is 3.61. The van der Waals surface area contributed by atoms with Crippen LogP contribution < -0.4 is 0 Å². The minimum absolute atomic E-state index is 0.208. The standard InChI is InChI=1S/C20H27N5O3/c26-20(25-10-12-27-13-11-25)16-24-8-6-23(7-9-24)15-19-21-18(22-28-19)14-17-4-2-1-3-5-17/h1-5H,6-16H2. The summed E-state index contributed by atoms with van der Waals surface area (Å²) in [4.78, 5) is 23.3. The van der Waals surface area contributed by atoms with Crippen LogP contribution in [0.2, 0.25) is 0 Å². The summed E-state index contributed by atoms with van der Waals surface area (Å²) in [6.07, 6.45) is 0.682. The van der Waals surface area contributed by atoms with Crippen molar-refractivity contribution in [2.24, 2.45) is 0 Å². The number of ether oxygens (including phenoxy) is 1. The molecule has 0 atom stereocenters. The van der Waals surface area contributed by atoms with E-state index in [0.29, 0.717) is 51.7 Å². The Morgan fingerprint density at radius 1 is 0.964 bits per heavy atom. The maximum atomic E-state index is 12.4. The molecule has 8 nitrogen and oxygen atoms in total. The number of benzene rings is 1. The third-order valence-electron chi connectivity index (χ3n) is 5.26. The first kappa shape index (κ1) is 19.0. The molecule has 0 spiro atoms. The Kier molecular flexibility index (Phi) is 6.31. The van der Waals surface area contributed by atoms with E-state index < -0.39 is 0 Å². The number of nitrogens with zero attached hydrogens (tertiary/aromatic N) is 5. The first-order valence-corrected chi connectivity index (χ1v) is 9.92. The Morgan fingerprint density at radius 2 is 1.68 bits per heavy atom. The first-order chi connectivity index (χ1) is 13.8. The number of aromatic nitrogens is 2. The minimum Gasteiger partial charge on any atom is -0.378 e. The van der Waals surface area contributed by atoms with Crippen molar-refractivity contribution in [1.82, 2.24) is 24.8 Å². The molecule has 2 aromatic rings. The number of morpholine rings is 1. The summed E-state index contributed by atoms with van der Waals surface area (Å²) in [5.74, 6) is 1.58. The van der Waals surface area contributed by atoms with Crippen molar-refractivity contribution in [2.75, 3.05) is 59.0 Å². The Balaban J connectivity index is 1.21. The van der Waals surface area contributed by atoms with E-state index >= 15 is 0 Å². The van der Waals surface area contributed by atoms with Gasteiger partial charge in [0.2, 0.25) is 11.8 Å². The predicted octanol–water partition coefficient (Wildman–Crippen LogP) is 0.637. The maximum Gasteiger partial charge on any atom is 0.240 e. The zero-order chi connectivity index (χ0) is 19.2. The van der Waals surface area contributed by atoms with E-state index in [1.807, 2.05) is 23.1 Å². The monoisotopic (exact) mass is 385 g/mol. The normalized spacial score (nSPS) is 19.1. The number of hydrogen-bond donors (Lipinski definition) is 0. The van der Waals surface area contributed by atoms with Crippen molar-refractivity contribution in [3.05, 3.63) is 47.6 Å². The van der Waals surface area contributed by atoms with E-state index in [1.54, 1.807) is 0 Å². The van der Waals surface area contributed by atoms with Crippen LogP contribution in [0.3, 0.4) is 0 Å². The van der Waals surface area contributed by atoms with Gasteiger partial charge in [0.1, 0.15) is 0 Å². The molecular weight excluding hydrogens is 358 g/mol. The van der Waals surface area contributed by atoms with Crippen molar-refractivity contribution in [3.8, 4) is 0 Å². The molecule has 2 fully saturated rings. The van der Waals surface area contributed by atoms with Gasteiger partial charge in [-0.25, -0.2) is 0 Å². The van der Waals surface area contributed by atoms with Gasteiger partial charge in [-0.05, 0) is 5.56 Å². The molecule has 2 saturated heterocycles. The van der Waals surface area contributed by atoms with Crippen molar-refractivity contribution >= 4 is 5.91 Å². The summed E-state index contributed by atoms with van der Waals surface area (Å²) in [5, 5.41) is 4.10. The summed E-state index contributed by atoms with van der Waals surface area (Å²) < 4.78 is 10.7. The van der Waals surface area contributed by atoms with Gasteiger partial charge in [-0.3, -0.25) is 14.6 Å². The molecule has 1 aromatic carbocycles. The smallest absolute Gasteiger partial charge is 0.240 e. The SMILES string of the molecule is O=C(CN1CCN(Cc2nc(Cc3ccccc3)no2)CC1)N1CCOCC1. The summed E-state index contributed by atoms with van der Waals surface area (Å²) >= 11 is 0. The van der Waals surface area contributed by atoms with Crippen molar-refractivity contribution in [3.63, 3.8) is 0 Å². The quantitative estimate of drug-likeness (QED) is 0.722. The van der Waals surface area contributed by atoms with Gasteiger partial charge in [-0.2, -0.15) is 4.98 Å². The third-order valence-corrected chi connectivity index (χ3v) is 5.26. The Bertz CT molecular complexity index is 752. The molecule has 0 bridgehead atoms. The predicted molar refractivity (Wildman–Crippen MR) is 103 cm³/mol. The van der Waals surface area contributed by atoms with E-state index in [2.05, 4.69) is 32.1 Å². The summed E-state index contributed by atoms with van der Waals surface area (Å²) in [5.41, 5.74) is 1.17. The molecular formula is C20H27N5O3. The average molecular weight is 385 g/mol. The van der Waals surface area contributed by atoms with Crippen molar-refractivity contribution in [1.29, 1.82) is 0 Å². The summed E-state index contributed by atoms with van der Waals surface area (Å²) in [6.45, 7) is 7.42. The van der Waals surface area contributed by atoms with Crippen LogP contribution in [0.25, 0.3) is 0 Å². The van der Waals surface area contributed by atoms with Crippen LogP contribution in [0.1, 0.15) is 17.3 Å². The van der Waals surface area contributed by atoms with Gasteiger partial charge in [0.25, 0.3) is 0 Å². The molecule has 1 aromatic heterocycles. The Labute approximate surface area is 165 Å². The average Bonchev–Trinajstić information content (AvgIpc) is 3.17. The molecule has 2 aliphatic rings. The van der Waals surface area contributed by atoms with Gasteiger partial charge in [0, 0.05) is 45.7 Å². The molecule has 1 amide bonds. The fourth-order valence-electron chi connectivity index (χ4n) is 3.61. The lowest BCUT2D eigenvalue weighted by Crippen LogP contribution is -2.51. The van der Waals surface area contributed by atoms with Crippen molar-refractivity contribution < 1.29 is 14.1 Å². The zero-order valence-corrected chi connectivity index (χ0v) is 16.1. The van der Waals surface area contributed by atoms with E-state index in [9.17, 15) is 4.79 Å². The summed E-state index contributed by atoms with van der Waals surface area (Å²) in [7, 11) is 0. The Morgan fingerprint density at radius 3 is 2.43 bits per heavy atom. The molecule has 28 heavy (non-hydrogen) atoms. The third kappa shape index (κ3) is 5.15. The van der Waals surface area contributed by atoms with Crippen LogP contribution in [0.15, 0.2) is 34.9 Å². The van der Waals surface area contributed by atoms with Gasteiger partial charge in [0.15, 0.2) is 5.82 Å². The minimum atomic E-state index is 0.208. The molecule has 8 heteroatoms. The molecule has 0 aliphatic carbocycles. The van der Waals surface area contributed by atoms with Gasteiger partial charge >= 0.3 is 0 Å². The highest BCUT2D eigenvalue weighted by Gasteiger charge is 2.23. The number of hydrogen-bond acceptors (Lipinski definition) is 7. The molecule has 0 radical (unpaired) electrons.